The Kier molecular flexibility index (Phi) is 3.92. The van der Waals surface area contributed by atoms with E-state index < -0.39 is 27.5 Å². The summed E-state index contributed by atoms with van der Waals surface area (Å²) in [7, 11) is -3.49. The number of phenolic OH excluding ortho intramolecular Hbond substituents is 1. The average molecular weight is 273 g/mol. The SMILES string of the molecule is CS(=O)(=O)CC(=O)Nc1ccc(O)cc1C(=O)O. The standard InChI is InChI=1S/C10H11NO6S/c1-18(16,17)5-9(13)11-8-3-2-6(12)4-7(8)10(14)15/h2-4,12H,5H2,1H3,(H,11,13)(H,14,15). The maximum atomic E-state index is 11.3. The third-order valence-electron chi connectivity index (χ3n) is 1.90. The molecular weight excluding hydrogens is 262 g/mol. The van der Waals surface area contributed by atoms with Gasteiger partial charge < -0.3 is 15.5 Å². The lowest BCUT2D eigenvalue weighted by Gasteiger charge is -2.08. The first-order valence-electron chi connectivity index (χ1n) is 4.73. The monoisotopic (exact) mass is 273 g/mol. The highest BCUT2D eigenvalue weighted by Crippen LogP contribution is 2.21. The lowest BCUT2D eigenvalue weighted by molar-refractivity contribution is -0.113. The van der Waals surface area contributed by atoms with E-state index in [1.807, 2.05) is 0 Å². The van der Waals surface area contributed by atoms with Crippen molar-refractivity contribution in [1.29, 1.82) is 0 Å². The van der Waals surface area contributed by atoms with Crippen LogP contribution >= 0.6 is 0 Å². The molecule has 0 spiro atoms. The fraction of sp³-hybridized carbons (Fsp3) is 0.200. The van der Waals surface area contributed by atoms with Gasteiger partial charge in [0.15, 0.2) is 9.84 Å². The number of anilines is 1. The van der Waals surface area contributed by atoms with E-state index in [0.29, 0.717) is 0 Å². The lowest BCUT2D eigenvalue weighted by Crippen LogP contribution is -2.23. The van der Waals surface area contributed by atoms with Crippen LogP contribution in [0, 0.1) is 0 Å². The number of sulfone groups is 1. The van der Waals surface area contributed by atoms with Crippen LogP contribution < -0.4 is 5.32 Å². The van der Waals surface area contributed by atoms with Crippen LogP contribution in [0.2, 0.25) is 0 Å². The molecule has 3 N–H and O–H groups in total. The van der Waals surface area contributed by atoms with Crippen LogP contribution in [0.25, 0.3) is 0 Å². The average Bonchev–Trinajstić information content (AvgIpc) is 2.17. The minimum Gasteiger partial charge on any atom is -0.508 e. The number of phenols is 1. The molecule has 0 saturated carbocycles. The lowest BCUT2D eigenvalue weighted by atomic mass is 10.1. The van der Waals surface area contributed by atoms with Gasteiger partial charge in [0.25, 0.3) is 0 Å². The van der Waals surface area contributed by atoms with Gasteiger partial charge >= 0.3 is 5.97 Å². The zero-order chi connectivity index (χ0) is 13.9. The Morgan fingerprint density at radius 3 is 2.44 bits per heavy atom. The largest absolute Gasteiger partial charge is 0.508 e. The van der Waals surface area contributed by atoms with Crippen molar-refractivity contribution in [2.45, 2.75) is 0 Å². The van der Waals surface area contributed by atoms with Gasteiger partial charge in [-0.25, -0.2) is 13.2 Å². The number of hydrogen-bond donors (Lipinski definition) is 3. The summed E-state index contributed by atoms with van der Waals surface area (Å²) in [6.07, 6.45) is 0.890. The Labute approximate surface area is 103 Å². The van der Waals surface area contributed by atoms with Crippen LogP contribution in [0.4, 0.5) is 5.69 Å². The minimum atomic E-state index is -3.49. The summed E-state index contributed by atoms with van der Waals surface area (Å²) in [6, 6.07) is 3.32. The van der Waals surface area contributed by atoms with Gasteiger partial charge in [0.1, 0.15) is 11.5 Å². The molecule has 0 aliphatic heterocycles. The van der Waals surface area contributed by atoms with Gasteiger partial charge in [-0.05, 0) is 18.2 Å². The van der Waals surface area contributed by atoms with Crippen molar-refractivity contribution in [2.75, 3.05) is 17.3 Å². The van der Waals surface area contributed by atoms with E-state index in [-0.39, 0.29) is 17.0 Å². The molecule has 0 atom stereocenters. The fourth-order valence-electron chi connectivity index (χ4n) is 1.24. The molecule has 1 rings (SSSR count). The number of carbonyl (C=O) groups excluding carboxylic acids is 1. The number of amides is 1. The summed E-state index contributed by atoms with van der Waals surface area (Å²) in [5.41, 5.74) is -0.397. The second-order valence-corrected chi connectivity index (χ2v) is 5.79. The van der Waals surface area contributed by atoms with Gasteiger partial charge in [-0.15, -0.1) is 0 Å². The molecule has 98 valence electrons. The smallest absolute Gasteiger partial charge is 0.337 e. The zero-order valence-corrected chi connectivity index (χ0v) is 10.2. The van der Waals surface area contributed by atoms with Gasteiger partial charge in [-0.1, -0.05) is 0 Å². The summed E-state index contributed by atoms with van der Waals surface area (Å²) in [5, 5.41) is 20.2. The Morgan fingerprint density at radius 2 is 1.94 bits per heavy atom. The number of hydrogen-bond acceptors (Lipinski definition) is 5. The maximum Gasteiger partial charge on any atom is 0.337 e. The zero-order valence-electron chi connectivity index (χ0n) is 9.37. The molecule has 1 aromatic carbocycles. The van der Waals surface area contributed by atoms with E-state index >= 15 is 0 Å². The van der Waals surface area contributed by atoms with Crippen molar-refractivity contribution in [3.8, 4) is 5.75 Å². The van der Waals surface area contributed by atoms with E-state index in [1.165, 1.54) is 12.1 Å². The van der Waals surface area contributed by atoms with Gasteiger partial charge in [0.2, 0.25) is 5.91 Å². The van der Waals surface area contributed by atoms with Crippen molar-refractivity contribution in [1.82, 2.24) is 0 Å². The highest BCUT2D eigenvalue weighted by molar-refractivity contribution is 7.91. The van der Waals surface area contributed by atoms with Crippen molar-refractivity contribution >= 4 is 27.4 Å². The van der Waals surface area contributed by atoms with Crippen molar-refractivity contribution in [3.05, 3.63) is 23.8 Å². The van der Waals surface area contributed by atoms with Gasteiger partial charge in [-0.2, -0.15) is 0 Å². The highest BCUT2D eigenvalue weighted by atomic mass is 32.2. The maximum absolute atomic E-state index is 11.3. The summed E-state index contributed by atoms with van der Waals surface area (Å²) >= 11 is 0. The summed E-state index contributed by atoms with van der Waals surface area (Å²) < 4.78 is 21.8. The highest BCUT2D eigenvalue weighted by Gasteiger charge is 2.16. The molecule has 0 fully saturated rings. The Balaban J connectivity index is 2.98. The number of benzene rings is 1. The second kappa shape index (κ2) is 5.05. The van der Waals surface area contributed by atoms with Crippen LogP contribution in [-0.2, 0) is 14.6 Å². The molecule has 1 amide bonds. The number of carboxylic acids is 1. The number of carbonyl (C=O) groups is 2. The molecule has 0 aliphatic rings. The normalized spacial score (nSPS) is 10.9. The molecule has 0 heterocycles. The molecule has 7 nitrogen and oxygen atoms in total. The van der Waals surface area contributed by atoms with Crippen LogP contribution in [-0.4, -0.2) is 42.5 Å². The van der Waals surface area contributed by atoms with Crippen molar-refractivity contribution in [3.63, 3.8) is 0 Å². The van der Waals surface area contributed by atoms with Crippen molar-refractivity contribution < 1.29 is 28.2 Å². The number of nitrogens with one attached hydrogen (secondary N) is 1. The predicted octanol–water partition coefficient (Wildman–Crippen LogP) is 0.0735. The number of rotatable bonds is 4. The van der Waals surface area contributed by atoms with Gasteiger partial charge in [0, 0.05) is 6.26 Å². The third-order valence-corrected chi connectivity index (χ3v) is 2.69. The Hall–Kier alpha value is -2.09. The number of carboxylic acid groups (broad SMARTS) is 1. The van der Waals surface area contributed by atoms with Crippen LogP contribution in [0.1, 0.15) is 10.4 Å². The van der Waals surface area contributed by atoms with E-state index in [2.05, 4.69) is 5.32 Å². The van der Waals surface area contributed by atoms with Crippen LogP contribution in [0.15, 0.2) is 18.2 Å². The van der Waals surface area contributed by atoms with E-state index in [1.54, 1.807) is 0 Å². The third kappa shape index (κ3) is 4.06. The predicted molar refractivity (Wildman–Crippen MR) is 63.4 cm³/mol. The Bertz CT molecular complexity index is 592. The van der Waals surface area contributed by atoms with Gasteiger partial charge in [-0.3, -0.25) is 4.79 Å². The van der Waals surface area contributed by atoms with Crippen LogP contribution in [0.3, 0.4) is 0 Å². The Morgan fingerprint density at radius 1 is 1.33 bits per heavy atom. The number of aromatic carboxylic acids is 1. The minimum absolute atomic E-state index is 0.0750. The topological polar surface area (TPSA) is 121 Å². The second-order valence-electron chi connectivity index (χ2n) is 3.65. The molecule has 0 aliphatic carbocycles. The quantitative estimate of drug-likeness (QED) is 0.668. The van der Waals surface area contributed by atoms with Crippen molar-refractivity contribution in [2.24, 2.45) is 0 Å². The molecule has 0 aromatic heterocycles. The van der Waals surface area contributed by atoms with E-state index in [4.69, 9.17) is 10.2 Å². The molecule has 0 saturated heterocycles. The first kappa shape index (κ1) is 14.0. The molecule has 0 radical (unpaired) electrons. The summed E-state index contributed by atoms with van der Waals surface area (Å²) in [5.74, 6) is -3.20. The first-order chi connectivity index (χ1) is 8.19. The molecule has 1 aromatic rings. The molecule has 0 unspecified atom stereocenters. The van der Waals surface area contributed by atoms with E-state index in [9.17, 15) is 18.0 Å². The molecule has 18 heavy (non-hydrogen) atoms. The molecular formula is C10H11NO6S. The summed E-state index contributed by atoms with van der Waals surface area (Å²) in [6.45, 7) is 0. The van der Waals surface area contributed by atoms with Gasteiger partial charge in [0.05, 0.1) is 11.3 Å². The number of aromatic hydroxyl groups is 1. The molecule has 0 bridgehead atoms. The molecule has 8 heteroatoms. The summed E-state index contributed by atoms with van der Waals surface area (Å²) in [4.78, 5) is 22.2. The first-order valence-corrected chi connectivity index (χ1v) is 6.79. The van der Waals surface area contributed by atoms with Crippen LogP contribution in [0.5, 0.6) is 5.75 Å². The van der Waals surface area contributed by atoms with E-state index in [0.717, 1.165) is 12.3 Å². The fourth-order valence-corrected chi connectivity index (χ4v) is 1.79.